The number of hydrogen-bond donors (Lipinski definition) is 0. The molecule has 0 saturated carbocycles. The van der Waals surface area contributed by atoms with Gasteiger partial charge < -0.3 is 4.57 Å². The first-order valence-electron chi connectivity index (χ1n) is 21.2. The van der Waals surface area contributed by atoms with Crippen molar-refractivity contribution < 1.29 is 0 Å². The largest absolute Gasteiger partial charge is 0.309 e. The molecule has 13 rings (SSSR count). The van der Waals surface area contributed by atoms with Crippen molar-refractivity contribution >= 4 is 105 Å². The Morgan fingerprint density at radius 2 is 0.935 bits per heavy atom. The topological polar surface area (TPSA) is 4.93 Å². The molecule has 3 heterocycles. The van der Waals surface area contributed by atoms with Crippen LogP contribution in [0.1, 0.15) is 0 Å². The zero-order valence-electron chi connectivity index (χ0n) is 33.6. The second-order valence-electron chi connectivity index (χ2n) is 16.4. The van der Waals surface area contributed by atoms with E-state index in [0.717, 1.165) is 0 Å². The summed E-state index contributed by atoms with van der Waals surface area (Å²) in [5.74, 6) is 0. The Labute approximate surface area is 369 Å². The number of rotatable bonds is 5. The molecule has 0 N–H and O–H groups in total. The highest BCUT2D eigenvalue weighted by Gasteiger charge is 2.49. The van der Waals surface area contributed by atoms with Crippen molar-refractivity contribution in [3.8, 4) is 27.9 Å². The summed E-state index contributed by atoms with van der Waals surface area (Å²) in [6.45, 7) is 0. The number of benzene rings is 10. The molecule has 290 valence electrons. The van der Waals surface area contributed by atoms with Gasteiger partial charge in [-0.3, -0.25) is 0 Å². The molecule has 2 aromatic heterocycles. The van der Waals surface area contributed by atoms with Gasteiger partial charge in [-0.25, -0.2) is 0 Å². The second-order valence-corrected chi connectivity index (χ2v) is 22.3. The summed E-state index contributed by atoms with van der Waals surface area (Å²) in [4.78, 5) is 2.66. The Kier molecular flexibility index (Phi) is 8.11. The number of fused-ring (bicyclic) bond motifs is 9. The molecule has 1 aliphatic heterocycles. The van der Waals surface area contributed by atoms with Crippen LogP contribution < -0.4 is 20.7 Å². The fourth-order valence-corrected chi connectivity index (χ4v) is 18.7. The molecule has 0 fully saturated rings. The molecular weight excluding hydrogens is 803 g/mol. The molecule has 0 bridgehead atoms. The minimum absolute atomic E-state index is 1.22. The van der Waals surface area contributed by atoms with Gasteiger partial charge in [-0.15, -0.1) is 11.3 Å². The van der Waals surface area contributed by atoms with Gasteiger partial charge in [0.15, 0.2) is 8.07 Å². The average Bonchev–Trinajstić information content (AvgIpc) is 3.88. The van der Waals surface area contributed by atoms with E-state index < -0.39 is 8.07 Å². The Bertz CT molecular complexity index is 3700. The van der Waals surface area contributed by atoms with Gasteiger partial charge in [0.1, 0.15) is 0 Å². The van der Waals surface area contributed by atoms with Crippen LogP contribution in [-0.2, 0) is 0 Å². The van der Waals surface area contributed by atoms with Crippen LogP contribution in [0.25, 0.3) is 80.7 Å². The normalized spacial score (nSPS) is 14.8. The molecule has 0 amide bonds. The third-order valence-corrected chi connectivity index (χ3v) is 20.6. The zero-order valence-corrected chi connectivity index (χ0v) is 36.3. The standard InChI is InChI=1S/C58H37NS2Si/c1-2-15-38(16-3-1)39-19-14-20-44(33-39)62(58-37-41-18-5-4-17-40(41)34-51(58)59-49-24-9-6-21-45(49)46-22-7-10-25-50(46)59)56-28-13-12-27-53(56)61-55-36-43(30-32-57(55)62)42-29-31-48-47-23-8-11-26-52(47)60-54(48)35-42/h1-37H. The number of hydrogen-bond acceptors (Lipinski definition) is 2. The van der Waals surface area contributed by atoms with Crippen LogP contribution in [0.3, 0.4) is 0 Å². The van der Waals surface area contributed by atoms with Crippen molar-refractivity contribution in [2.75, 3.05) is 0 Å². The second kappa shape index (κ2) is 14.0. The molecule has 0 aliphatic carbocycles. The molecule has 1 nitrogen and oxygen atoms in total. The average molecular weight is 840 g/mol. The van der Waals surface area contributed by atoms with E-state index in [1.165, 1.54) is 111 Å². The summed E-state index contributed by atoms with van der Waals surface area (Å²) in [5, 5.41) is 13.3. The summed E-state index contributed by atoms with van der Waals surface area (Å²) in [5.41, 5.74) is 8.64. The highest BCUT2D eigenvalue weighted by molar-refractivity contribution is 8.00. The van der Waals surface area contributed by atoms with Crippen LogP contribution in [0.15, 0.2) is 234 Å². The van der Waals surface area contributed by atoms with Gasteiger partial charge in [-0.05, 0) is 96.2 Å². The molecule has 4 heteroatoms. The predicted octanol–water partition coefficient (Wildman–Crippen LogP) is 13.5. The number of nitrogens with zero attached hydrogens (tertiary/aromatic N) is 1. The van der Waals surface area contributed by atoms with Crippen LogP contribution in [-0.4, -0.2) is 12.6 Å². The molecule has 1 unspecified atom stereocenters. The fourth-order valence-electron chi connectivity index (χ4n) is 10.3. The van der Waals surface area contributed by atoms with Crippen molar-refractivity contribution in [2.24, 2.45) is 0 Å². The van der Waals surface area contributed by atoms with E-state index in [4.69, 9.17) is 0 Å². The Morgan fingerprint density at radius 3 is 1.76 bits per heavy atom. The first-order chi connectivity index (χ1) is 30.7. The van der Waals surface area contributed by atoms with Gasteiger partial charge in [-0.2, -0.15) is 0 Å². The van der Waals surface area contributed by atoms with E-state index in [0.29, 0.717) is 0 Å². The van der Waals surface area contributed by atoms with E-state index in [2.05, 4.69) is 229 Å². The van der Waals surface area contributed by atoms with Crippen LogP contribution in [0, 0.1) is 0 Å². The molecule has 0 spiro atoms. The summed E-state index contributed by atoms with van der Waals surface area (Å²) >= 11 is 3.82. The van der Waals surface area contributed by atoms with Crippen LogP contribution in [0.4, 0.5) is 0 Å². The van der Waals surface area contributed by atoms with Crippen molar-refractivity contribution in [1.82, 2.24) is 4.57 Å². The van der Waals surface area contributed by atoms with Crippen LogP contribution in [0.5, 0.6) is 0 Å². The molecule has 12 aromatic rings. The van der Waals surface area contributed by atoms with E-state index >= 15 is 0 Å². The lowest BCUT2D eigenvalue weighted by Crippen LogP contribution is -2.77. The van der Waals surface area contributed by atoms with E-state index in [1.54, 1.807) is 0 Å². The number of para-hydroxylation sites is 2. The predicted molar refractivity (Wildman–Crippen MR) is 270 cm³/mol. The van der Waals surface area contributed by atoms with Gasteiger partial charge in [0.05, 0.1) is 11.0 Å². The lowest BCUT2D eigenvalue weighted by Gasteiger charge is -2.41. The smallest absolute Gasteiger partial charge is 0.184 e. The van der Waals surface area contributed by atoms with Crippen LogP contribution >= 0.6 is 23.1 Å². The van der Waals surface area contributed by atoms with Gasteiger partial charge in [0, 0.05) is 46.4 Å². The maximum absolute atomic E-state index is 3.16. The first kappa shape index (κ1) is 35.8. The molecule has 1 atom stereocenters. The zero-order chi connectivity index (χ0) is 40.8. The summed E-state index contributed by atoms with van der Waals surface area (Å²) in [7, 11) is -3.16. The molecule has 10 aromatic carbocycles. The van der Waals surface area contributed by atoms with Gasteiger partial charge in [-0.1, -0.05) is 194 Å². The van der Waals surface area contributed by atoms with Crippen molar-refractivity contribution in [3.63, 3.8) is 0 Å². The lowest BCUT2D eigenvalue weighted by molar-refractivity contribution is 1.19. The first-order valence-corrected chi connectivity index (χ1v) is 24.9. The Balaban J connectivity index is 1.16. The van der Waals surface area contributed by atoms with Crippen LogP contribution in [0.2, 0.25) is 0 Å². The molecule has 62 heavy (non-hydrogen) atoms. The molecule has 0 saturated heterocycles. The van der Waals surface area contributed by atoms with E-state index in [-0.39, 0.29) is 0 Å². The molecule has 0 radical (unpaired) electrons. The highest BCUT2D eigenvalue weighted by atomic mass is 32.2. The fraction of sp³-hybridized carbons (Fsp3) is 0. The summed E-state index contributed by atoms with van der Waals surface area (Å²) in [6, 6.07) is 84.9. The third-order valence-electron chi connectivity index (χ3n) is 13.1. The SMILES string of the molecule is c1ccc(-c2cccc([Si]3(c4cc5ccccc5cc4-n4c5ccccc5c5ccccc54)c4ccccc4Sc4cc(-c5ccc6c(c5)sc5ccccc56)ccc43)c2)cc1. The lowest BCUT2D eigenvalue weighted by atomic mass is 10.0. The van der Waals surface area contributed by atoms with Gasteiger partial charge >= 0.3 is 0 Å². The van der Waals surface area contributed by atoms with Gasteiger partial charge in [0.2, 0.25) is 0 Å². The molecular formula is C58H37NS2Si. The number of thiophene rings is 1. The van der Waals surface area contributed by atoms with Crippen molar-refractivity contribution in [3.05, 3.63) is 224 Å². The maximum Gasteiger partial charge on any atom is 0.184 e. The monoisotopic (exact) mass is 839 g/mol. The highest BCUT2D eigenvalue weighted by Crippen LogP contribution is 2.41. The van der Waals surface area contributed by atoms with Gasteiger partial charge in [0.25, 0.3) is 0 Å². The van der Waals surface area contributed by atoms with E-state index in [9.17, 15) is 0 Å². The van der Waals surface area contributed by atoms with Crippen molar-refractivity contribution in [1.29, 1.82) is 0 Å². The quantitative estimate of drug-likeness (QED) is 0.156. The van der Waals surface area contributed by atoms with Crippen molar-refractivity contribution in [2.45, 2.75) is 9.79 Å². The third kappa shape index (κ3) is 5.34. The number of aromatic nitrogens is 1. The Hall–Kier alpha value is -6.95. The Morgan fingerprint density at radius 1 is 0.339 bits per heavy atom. The minimum atomic E-state index is -3.16. The molecule has 1 aliphatic rings. The minimum Gasteiger partial charge on any atom is -0.309 e. The maximum atomic E-state index is 2.57. The summed E-state index contributed by atoms with van der Waals surface area (Å²) < 4.78 is 5.23. The summed E-state index contributed by atoms with van der Waals surface area (Å²) in [6.07, 6.45) is 0. The van der Waals surface area contributed by atoms with E-state index in [1.807, 2.05) is 23.1 Å².